The van der Waals surface area contributed by atoms with E-state index in [0.29, 0.717) is 0 Å². The van der Waals surface area contributed by atoms with Crippen molar-refractivity contribution < 1.29 is 4.79 Å². The Morgan fingerprint density at radius 3 is 3.15 bits per heavy atom. The summed E-state index contributed by atoms with van der Waals surface area (Å²) in [4.78, 5) is 20.6. The Labute approximate surface area is 76.6 Å². The summed E-state index contributed by atoms with van der Waals surface area (Å²) in [7, 11) is 0. The van der Waals surface area contributed by atoms with Gasteiger partial charge >= 0.3 is 0 Å². The standard InChI is InChI=1S/C9H11N3O/c13-6-8-2-4-12(5-8)9-1-3-10-7-11-9/h1,3,6-8H,2,4-5H2/t8-/m1/s1. The fraction of sp³-hybridized carbons (Fsp3) is 0.444. The monoisotopic (exact) mass is 177 g/mol. The highest BCUT2D eigenvalue weighted by Gasteiger charge is 2.22. The second-order valence-corrected chi connectivity index (χ2v) is 3.20. The van der Waals surface area contributed by atoms with Crippen LogP contribution in [0.2, 0.25) is 0 Å². The van der Waals surface area contributed by atoms with E-state index in [1.165, 1.54) is 6.33 Å². The Balaban J connectivity index is 2.08. The maximum absolute atomic E-state index is 10.5. The molecule has 4 heteroatoms. The number of nitrogens with zero attached hydrogens (tertiary/aromatic N) is 3. The average Bonchev–Trinajstić information content (AvgIpc) is 2.67. The molecule has 4 nitrogen and oxygen atoms in total. The van der Waals surface area contributed by atoms with Gasteiger partial charge in [0, 0.05) is 25.2 Å². The van der Waals surface area contributed by atoms with Crippen LogP contribution in [-0.4, -0.2) is 29.3 Å². The van der Waals surface area contributed by atoms with Crippen molar-refractivity contribution in [2.45, 2.75) is 6.42 Å². The first kappa shape index (κ1) is 8.16. The predicted molar refractivity (Wildman–Crippen MR) is 48.4 cm³/mol. The highest BCUT2D eigenvalue weighted by molar-refractivity contribution is 5.57. The topological polar surface area (TPSA) is 46.1 Å². The molecule has 2 heterocycles. The second-order valence-electron chi connectivity index (χ2n) is 3.20. The van der Waals surface area contributed by atoms with E-state index in [9.17, 15) is 4.79 Å². The lowest BCUT2D eigenvalue weighted by molar-refractivity contribution is -0.110. The van der Waals surface area contributed by atoms with Crippen LogP contribution in [0.15, 0.2) is 18.6 Å². The third-order valence-corrected chi connectivity index (χ3v) is 2.31. The third-order valence-electron chi connectivity index (χ3n) is 2.31. The average molecular weight is 177 g/mol. The number of carbonyl (C=O) groups excluding carboxylic acids is 1. The lowest BCUT2D eigenvalue weighted by Crippen LogP contribution is -2.20. The molecule has 1 aromatic rings. The number of aldehydes is 1. The van der Waals surface area contributed by atoms with Crippen LogP contribution in [0.5, 0.6) is 0 Å². The lowest BCUT2D eigenvalue weighted by atomic mass is 10.1. The lowest BCUT2D eigenvalue weighted by Gasteiger charge is -2.15. The molecular weight excluding hydrogens is 166 g/mol. The van der Waals surface area contributed by atoms with Gasteiger partial charge in [-0.25, -0.2) is 9.97 Å². The van der Waals surface area contributed by atoms with Crippen LogP contribution < -0.4 is 4.90 Å². The van der Waals surface area contributed by atoms with Crippen molar-refractivity contribution in [3.63, 3.8) is 0 Å². The number of aromatic nitrogens is 2. The van der Waals surface area contributed by atoms with Crippen LogP contribution in [0.25, 0.3) is 0 Å². The molecule has 2 rings (SSSR count). The minimum Gasteiger partial charge on any atom is -0.356 e. The van der Waals surface area contributed by atoms with Crippen molar-refractivity contribution in [2.24, 2.45) is 5.92 Å². The zero-order valence-corrected chi connectivity index (χ0v) is 7.26. The van der Waals surface area contributed by atoms with Crippen molar-refractivity contribution in [1.29, 1.82) is 0 Å². The van der Waals surface area contributed by atoms with Crippen molar-refractivity contribution in [1.82, 2.24) is 9.97 Å². The van der Waals surface area contributed by atoms with E-state index in [0.717, 1.165) is 31.6 Å². The van der Waals surface area contributed by atoms with Gasteiger partial charge in [-0.2, -0.15) is 0 Å². The molecule has 0 bridgehead atoms. The number of anilines is 1. The Morgan fingerprint density at radius 1 is 1.62 bits per heavy atom. The molecule has 0 amide bonds. The van der Waals surface area contributed by atoms with Crippen LogP contribution in [0.3, 0.4) is 0 Å². The van der Waals surface area contributed by atoms with Gasteiger partial charge in [-0.15, -0.1) is 0 Å². The Kier molecular flexibility index (Phi) is 2.21. The molecular formula is C9H11N3O. The van der Waals surface area contributed by atoms with E-state index in [1.54, 1.807) is 6.20 Å². The van der Waals surface area contributed by atoms with Gasteiger partial charge in [0.15, 0.2) is 0 Å². The van der Waals surface area contributed by atoms with Crippen LogP contribution in [0.4, 0.5) is 5.82 Å². The zero-order valence-electron chi connectivity index (χ0n) is 7.26. The number of hydrogen-bond acceptors (Lipinski definition) is 4. The van der Waals surface area contributed by atoms with E-state index < -0.39 is 0 Å². The highest BCUT2D eigenvalue weighted by atomic mass is 16.1. The molecule has 1 fully saturated rings. The molecule has 0 radical (unpaired) electrons. The van der Waals surface area contributed by atoms with E-state index in [2.05, 4.69) is 14.9 Å². The van der Waals surface area contributed by atoms with Gasteiger partial charge in [-0.05, 0) is 12.5 Å². The van der Waals surface area contributed by atoms with Gasteiger partial charge in [0.05, 0.1) is 0 Å². The molecule has 0 saturated carbocycles. The summed E-state index contributed by atoms with van der Waals surface area (Å²) in [5.41, 5.74) is 0. The fourth-order valence-corrected chi connectivity index (χ4v) is 1.58. The van der Waals surface area contributed by atoms with Gasteiger partial charge < -0.3 is 9.69 Å². The summed E-state index contributed by atoms with van der Waals surface area (Å²) >= 11 is 0. The summed E-state index contributed by atoms with van der Waals surface area (Å²) in [5.74, 6) is 1.09. The molecule has 68 valence electrons. The Hall–Kier alpha value is -1.45. The predicted octanol–water partition coefficient (Wildman–Crippen LogP) is 0.502. The number of rotatable bonds is 2. The maximum Gasteiger partial charge on any atom is 0.131 e. The molecule has 1 aromatic heterocycles. The number of hydrogen-bond donors (Lipinski definition) is 0. The SMILES string of the molecule is O=C[C@@H]1CCN(c2ccncn2)C1. The molecule has 0 spiro atoms. The number of carbonyl (C=O) groups is 1. The van der Waals surface area contributed by atoms with Gasteiger partial charge in [-0.1, -0.05) is 0 Å². The molecule has 0 aliphatic carbocycles. The first-order valence-corrected chi connectivity index (χ1v) is 4.36. The molecule has 1 aliphatic rings. The summed E-state index contributed by atoms with van der Waals surface area (Å²) in [6, 6.07) is 1.87. The van der Waals surface area contributed by atoms with Crippen molar-refractivity contribution in [3.8, 4) is 0 Å². The van der Waals surface area contributed by atoms with E-state index in [4.69, 9.17) is 0 Å². The van der Waals surface area contributed by atoms with Crippen LogP contribution in [0.1, 0.15) is 6.42 Å². The molecule has 1 saturated heterocycles. The molecule has 1 aliphatic heterocycles. The van der Waals surface area contributed by atoms with Crippen LogP contribution >= 0.6 is 0 Å². The molecule has 13 heavy (non-hydrogen) atoms. The second kappa shape index (κ2) is 3.51. The van der Waals surface area contributed by atoms with Crippen molar-refractivity contribution in [3.05, 3.63) is 18.6 Å². The third kappa shape index (κ3) is 1.66. The largest absolute Gasteiger partial charge is 0.356 e. The molecule has 1 atom stereocenters. The molecule has 0 N–H and O–H groups in total. The maximum atomic E-state index is 10.5. The van der Waals surface area contributed by atoms with Gasteiger partial charge in [0.2, 0.25) is 0 Å². The summed E-state index contributed by atoms with van der Waals surface area (Å²) in [6.45, 7) is 1.71. The van der Waals surface area contributed by atoms with Gasteiger partial charge in [-0.3, -0.25) is 0 Å². The minimum atomic E-state index is 0.176. The van der Waals surface area contributed by atoms with Crippen molar-refractivity contribution >= 4 is 12.1 Å². The highest BCUT2D eigenvalue weighted by Crippen LogP contribution is 2.19. The first-order chi connectivity index (χ1) is 6.40. The Bertz CT molecular complexity index is 288. The minimum absolute atomic E-state index is 0.176. The molecule has 0 unspecified atom stereocenters. The van der Waals surface area contributed by atoms with E-state index in [-0.39, 0.29) is 5.92 Å². The van der Waals surface area contributed by atoms with E-state index in [1.807, 2.05) is 6.07 Å². The fourth-order valence-electron chi connectivity index (χ4n) is 1.58. The summed E-state index contributed by atoms with van der Waals surface area (Å²) < 4.78 is 0. The van der Waals surface area contributed by atoms with Gasteiger partial charge in [0.1, 0.15) is 18.4 Å². The molecule has 0 aromatic carbocycles. The first-order valence-electron chi connectivity index (χ1n) is 4.36. The quantitative estimate of drug-likeness (QED) is 0.617. The van der Waals surface area contributed by atoms with E-state index >= 15 is 0 Å². The van der Waals surface area contributed by atoms with Crippen LogP contribution in [0, 0.1) is 5.92 Å². The zero-order chi connectivity index (χ0) is 9.10. The van der Waals surface area contributed by atoms with Crippen LogP contribution in [-0.2, 0) is 4.79 Å². The Morgan fingerprint density at radius 2 is 2.54 bits per heavy atom. The summed E-state index contributed by atoms with van der Waals surface area (Å²) in [6.07, 6.45) is 5.22. The van der Waals surface area contributed by atoms with Crippen molar-refractivity contribution in [2.75, 3.05) is 18.0 Å². The van der Waals surface area contributed by atoms with Gasteiger partial charge in [0.25, 0.3) is 0 Å². The smallest absolute Gasteiger partial charge is 0.131 e. The summed E-state index contributed by atoms with van der Waals surface area (Å²) in [5, 5.41) is 0. The normalized spacial score (nSPS) is 21.8.